The van der Waals surface area contributed by atoms with Gasteiger partial charge in [0.25, 0.3) is 0 Å². The maximum Gasteiger partial charge on any atom is 0.309 e. The van der Waals surface area contributed by atoms with Crippen molar-refractivity contribution in [1.82, 2.24) is 4.57 Å². The molecule has 82 valence electrons. The van der Waals surface area contributed by atoms with Crippen LogP contribution in [0.2, 0.25) is 0 Å². The van der Waals surface area contributed by atoms with Crippen molar-refractivity contribution in [2.45, 2.75) is 13.2 Å². The summed E-state index contributed by atoms with van der Waals surface area (Å²) in [5.74, 6) is 0. The zero-order valence-corrected chi connectivity index (χ0v) is 8.85. The molecule has 1 heterocycles. The predicted octanol–water partition coefficient (Wildman–Crippen LogP) is -4.15. The lowest BCUT2D eigenvalue weighted by Crippen LogP contribution is -3.00. The van der Waals surface area contributed by atoms with Crippen LogP contribution in [0, 0.1) is 0 Å². The maximum atomic E-state index is 9.00. The second-order valence-electron chi connectivity index (χ2n) is 2.56. The van der Waals surface area contributed by atoms with Gasteiger partial charge in [0.2, 0.25) is 6.33 Å². The molecule has 0 aliphatic carbocycles. The van der Waals surface area contributed by atoms with Crippen LogP contribution >= 0.6 is 0 Å². The molecule has 0 saturated carbocycles. The number of imidazole rings is 1. The molecule has 0 fully saturated rings. The number of nitrogens with zero attached hydrogens (tertiary/aromatic N) is 2. The van der Waals surface area contributed by atoms with Gasteiger partial charge in [-0.3, -0.25) is 0 Å². The van der Waals surface area contributed by atoms with E-state index in [2.05, 4.69) is 11.5 Å². The Labute approximate surface area is 88.5 Å². The Kier molecular flexibility index (Phi) is 7.78. The largest absolute Gasteiger partial charge is 1.00 e. The Morgan fingerprint density at radius 1 is 1.57 bits per heavy atom. The van der Waals surface area contributed by atoms with Gasteiger partial charge in [0.05, 0.1) is 7.05 Å². The van der Waals surface area contributed by atoms with E-state index in [1.54, 1.807) is 11.5 Å². The molecule has 1 rings (SSSR count). The van der Waals surface area contributed by atoms with Crippen molar-refractivity contribution in [2.24, 2.45) is 18.5 Å². The molecule has 0 aliphatic heterocycles. The average Bonchev–Trinajstić information content (AvgIpc) is 2.34. The van der Waals surface area contributed by atoms with Crippen LogP contribution in [-0.4, -0.2) is 15.7 Å². The average molecular weight is 223 g/mol. The quantitative estimate of drug-likeness (QED) is 0.421. The Hall–Kier alpha value is -1.27. The Balaban J connectivity index is 0. The van der Waals surface area contributed by atoms with Crippen LogP contribution in [-0.2, 0) is 7.05 Å². The molecule has 5 N–H and O–H groups in total. The van der Waals surface area contributed by atoms with E-state index in [9.17, 15) is 0 Å². The van der Waals surface area contributed by atoms with Gasteiger partial charge < -0.3 is 29.0 Å². The van der Waals surface area contributed by atoms with Crippen molar-refractivity contribution in [2.75, 3.05) is 0 Å². The van der Waals surface area contributed by atoms with Gasteiger partial charge in [0.15, 0.2) is 6.23 Å². The zero-order chi connectivity index (χ0) is 10.4. The van der Waals surface area contributed by atoms with E-state index in [-0.39, 0.29) is 12.4 Å². The van der Waals surface area contributed by atoms with Gasteiger partial charge in [0, 0.05) is 6.92 Å². The maximum absolute atomic E-state index is 9.00. The number of urea groups is 1. The van der Waals surface area contributed by atoms with Gasteiger partial charge in [0.1, 0.15) is 12.4 Å². The summed E-state index contributed by atoms with van der Waals surface area (Å²) in [6.45, 7) is 1.72. The molecule has 0 spiro atoms. The van der Waals surface area contributed by atoms with E-state index in [4.69, 9.17) is 9.90 Å². The van der Waals surface area contributed by atoms with Gasteiger partial charge in [-0.15, -0.1) is 0 Å². The first-order chi connectivity index (χ1) is 5.93. The molecule has 1 aromatic rings. The third kappa shape index (κ3) is 7.38. The van der Waals surface area contributed by atoms with Gasteiger partial charge in [-0.1, -0.05) is 0 Å². The van der Waals surface area contributed by atoms with Crippen LogP contribution in [0.4, 0.5) is 4.79 Å². The Morgan fingerprint density at radius 2 is 2.00 bits per heavy atom. The van der Waals surface area contributed by atoms with Crippen LogP contribution in [0.5, 0.6) is 0 Å². The fourth-order valence-corrected chi connectivity index (χ4v) is 0.690. The summed E-state index contributed by atoms with van der Waals surface area (Å²) in [7, 11) is 1.92. The van der Waals surface area contributed by atoms with Crippen LogP contribution in [0.3, 0.4) is 0 Å². The Bertz CT molecular complexity index is 270. The number of rotatable bonds is 1. The number of carbonyl (C=O) groups is 1. The second-order valence-corrected chi connectivity index (χ2v) is 2.56. The molecule has 1 unspecified atom stereocenters. The van der Waals surface area contributed by atoms with Crippen molar-refractivity contribution in [3.05, 3.63) is 18.7 Å². The van der Waals surface area contributed by atoms with E-state index in [1.165, 1.54) is 0 Å². The number of amides is 2. The molecule has 0 saturated heterocycles. The first-order valence-electron chi connectivity index (χ1n) is 3.69. The third-order valence-electron chi connectivity index (χ3n) is 1.22. The lowest BCUT2D eigenvalue weighted by Gasteiger charge is -1.94. The first-order valence-corrected chi connectivity index (χ1v) is 3.69. The zero-order valence-electron chi connectivity index (χ0n) is 8.09. The minimum Gasteiger partial charge on any atom is -1.00 e. The third-order valence-corrected chi connectivity index (χ3v) is 1.22. The van der Waals surface area contributed by atoms with Crippen LogP contribution < -0.4 is 28.4 Å². The molecular formula is C7H15ClN4O2. The van der Waals surface area contributed by atoms with Crippen LogP contribution in [0.1, 0.15) is 13.2 Å². The molecule has 0 bridgehead atoms. The van der Waals surface area contributed by atoms with E-state index < -0.39 is 12.3 Å². The number of nitrogens with two attached hydrogens (primary N) is 2. The molecule has 14 heavy (non-hydrogen) atoms. The number of aliphatic hydroxyl groups excluding tert-OH is 1. The van der Waals surface area contributed by atoms with E-state index in [0.29, 0.717) is 0 Å². The van der Waals surface area contributed by atoms with E-state index >= 15 is 0 Å². The minimum atomic E-state index is -0.833. The van der Waals surface area contributed by atoms with Crippen molar-refractivity contribution in [3.8, 4) is 0 Å². The molecular weight excluding hydrogens is 208 g/mol. The monoisotopic (exact) mass is 222 g/mol. The summed E-state index contributed by atoms with van der Waals surface area (Å²) in [6, 6.07) is -0.833. The predicted molar refractivity (Wildman–Crippen MR) is 46.3 cm³/mol. The molecule has 6 nitrogen and oxygen atoms in total. The number of aromatic nitrogens is 2. The fraction of sp³-hybridized carbons (Fsp3) is 0.429. The van der Waals surface area contributed by atoms with Gasteiger partial charge in [-0.05, 0) is 0 Å². The topological polar surface area (TPSA) is 98.2 Å². The van der Waals surface area contributed by atoms with Gasteiger partial charge in [-0.25, -0.2) is 13.9 Å². The number of aliphatic hydroxyl groups is 1. The molecule has 1 atom stereocenters. The SMILES string of the molecule is CC(O)n1cc[n+](C)c1.NC(N)=O.[Cl-]. The van der Waals surface area contributed by atoms with Crippen LogP contribution in [0.25, 0.3) is 0 Å². The lowest BCUT2D eigenvalue weighted by molar-refractivity contribution is -0.671. The van der Waals surface area contributed by atoms with Crippen molar-refractivity contribution >= 4 is 6.03 Å². The molecule has 1 aromatic heterocycles. The van der Waals surface area contributed by atoms with E-state index in [0.717, 1.165) is 0 Å². The summed E-state index contributed by atoms with van der Waals surface area (Å²) < 4.78 is 3.60. The summed E-state index contributed by atoms with van der Waals surface area (Å²) in [5.41, 5.74) is 8.50. The molecule has 0 aliphatic rings. The van der Waals surface area contributed by atoms with Crippen molar-refractivity contribution in [3.63, 3.8) is 0 Å². The fourth-order valence-electron chi connectivity index (χ4n) is 0.690. The molecule has 0 radical (unpaired) electrons. The molecule has 7 heteroatoms. The van der Waals surface area contributed by atoms with E-state index in [1.807, 2.05) is 30.3 Å². The molecule has 2 amide bonds. The number of halogens is 1. The number of carbonyl (C=O) groups excluding carboxylic acids is 1. The summed E-state index contributed by atoms with van der Waals surface area (Å²) in [6.07, 6.45) is 5.10. The molecule has 0 aromatic carbocycles. The summed E-state index contributed by atoms with van der Waals surface area (Å²) >= 11 is 0. The minimum absolute atomic E-state index is 0. The first kappa shape index (κ1) is 15.2. The Morgan fingerprint density at radius 3 is 2.14 bits per heavy atom. The van der Waals surface area contributed by atoms with Gasteiger partial charge in [-0.2, -0.15) is 0 Å². The lowest BCUT2D eigenvalue weighted by atomic mass is 10.6. The highest BCUT2D eigenvalue weighted by Crippen LogP contribution is 1.95. The van der Waals surface area contributed by atoms with Crippen molar-refractivity contribution < 1.29 is 26.9 Å². The normalized spacial score (nSPS) is 10.5. The highest BCUT2D eigenvalue weighted by Gasteiger charge is 2.03. The second kappa shape index (κ2) is 7.16. The standard InChI is InChI=1S/C6H11N2O.CH4N2O.ClH/c1-6(9)8-4-3-7(2)5-8;2-1(3)4;/h3-6,9H,1-2H3;(H4,2,3,4);1H/q+1;;/p-1. The van der Waals surface area contributed by atoms with Crippen LogP contribution in [0.15, 0.2) is 18.7 Å². The van der Waals surface area contributed by atoms with Crippen molar-refractivity contribution in [1.29, 1.82) is 0 Å². The number of primary amides is 2. The summed E-state index contributed by atoms with van der Waals surface area (Å²) in [5, 5.41) is 8.99. The highest BCUT2D eigenvalue weighted by atomic mass is 35.5. The number of aryl methyl sites for hydroxylation is 1. The number of hydrogen-bond donors (Lipinski definition) is 3. The number of hydrogen-bond acceptors (Lipinski definition) is 2. The highest BCUT2D eigenvalue weighted by molar-refractivity contribution is 5.69. The van der Waals surface area contributed by atoms with Gasteiger partial charge >= 0.3 is 6.03 Å². The summed E-state index contributed by atoms with van der Waals surface area (Å²) in [4.78, 5) is 9.00. The smallest absolute Gasteiger partial charge is 0.309 e.